The highest BCUT2D eigenvalue weighted by Crippen LogP contribution is 2.68. The summed E-state index contributed by atoms with van der Waals surface area (Å²) in [6.07, 6.45) is 6.22. The highest BCUT2D eigenvalue weighted by atomic mass is 35.5. The molecule has 0 bridgehead atoms. The van der Waals surface area contributed by atoms with Crippen molar-refractivity contribution in [1.29, 1.82) is 0 Å². The number of carbonyl (C=O) groups excluding carboxylic acids is 1. The van der Waals surface area contributed by atoms with Crippen LogP contribution < -0.4 is 4.90 Å². The molecule has 3 atom stereocenters. The van der Waals surface area contributed by atoms with E-state index in [4.69, 9.17) is 11.6 Å². The molecule has 25 heavy (non-hydrogen) atoms. The molecule has 4 fully saturated rings. The summed E-state index contributed by atoms with van der Waals surface area (Å²) in [4.78, 5) is 21.9. The van der Waals surface area contributed by atoms with Crippen LogP contribution in [-0.4, -0.2) is 52.7 Å². The Hall–Kier alpha value is -1.33. The zero-order valence-corrected chi connectivity index (χ0v) is 15.0. The Morgan fingerprint density at radius 2 is 2.00 bits per heavy atom. The Labute approximate surface area is 153 Å². The van der Waals surface area contributed by atoms with Crippen molar-refractivity contribution < 1.29 is 9.90 Å². The summed E-state index contributed by atoms with van der Waals surface area (Å²) in [6, 6.07) is 4.22. The normalized spacial score (nSPS) is 40.0. The van der Waals surface area contributed by atoms with Crippen molar-refractivity contribution in [3.63, 3.8) is 0 Å². The van der Waals surface area contributed by atoms with E-state index in [1.807, 2.05) is 12.1 Å². The highest BCUT2D eigenvalue weighted by molar-refractivity contribution is 6.29. The fraction of sp³-hybridized carbons (Fsp3) is 0.684. The van der Waals surface area contributed by atoms with E-state index >= 15 is 0 Å². The Bertz CT molecular complexity index is 706. The average molecular weight is 362 g/mol. The third-order valence-corrected chi connectivity index (χ3v) is 7.30. The number of fused-ring (bicyclic) bond motifs is 1. The van der Waals surface area contributed by atoms with Gasteiger partial charge in [0.2, 0.25) is 5.91 Å². The number of nitrogens with zero attached hydrogens (tertiary/aromatic N) is 3. The van der Waals surface area contributed by atoms with Crippen LogP contribution in [-0.2, 0) is 4.79 Å². The first-order valence-corrected chi connectivity index (χ1v) is 9.83. The lowest BCUT2D eigenvalue weighted by Gasteiger charge is -2.38. The van der Waals surface area contributed by atoms with Gasteiger partial charge in [-0.1, -0.05) is 11.6 Å². The smallest absolute Gasteiger partial charge is 0.231 e. The summed E-state index contributed by atoms with van der Waals surface area (Å²) in [6.45, 7) is 2.73. The van der Waals surface area contributed by atoms with Crippen LogP contribution in [0.2, 0.25) is 5.15 Å². The number of aliphatic hydroxyl groups is 1. The molecule has 0 radical (unpaired) electrons. The highest BCUT2D eigenvalue weighted by Gasteiger charge is 2.75. The number of amides is 1. The van der Waals surface area contributed by atoms with E-state index in [2.05, 4.69) is 14.8 Å². The van der Waals surface area contributed by atoms with E-state index in [0.717, 1.165) is 57.4 Å². The van der Waals surface area contributed by atoms with E-state index in [-0.39, 0.29) is 11.5 Å². The number of anilines is 1. The topological polar surface area (TPSA) is 56.7 Å². The first kappa shape index (κ1) is 15.9. The van der Waals surface area contributed by atoms with Crippen molar-refractivity contribution in [3.8, 4) is 0 Å². The monoisotopic (exact) mass is 361 g/mol. The number of hydrogen-bond donors (Lipinski definition) is 1. The second kappa shape index (κ2) is 5.58. The van der Waals surface area contributed by atoms with E-state index in [9.17, 15) is 9.90 Å². The molecule has 4 aliphatic rings. The summed E-state index contributed by atoms with van der Waals surface area (Å²) in [5, 5.41) is 10.2. The molecule has 1 spiro atoms. The molecule has 3 heterocycles. The van der Waals surface area contributed by atoms with Crippen LogP contribution in [0.15, 0.2) is 18.3 Å². The van der Waals surface area contributed by atoms with Crippen molar-refractivity contribution in [2.24, 2.45) is 17.3 Å². The molecule has 0 aromatic carbocycles. The lowest BCUT2D eigenvalue weighted by molar-refractivity contribution is -0.137. The van der Waals surface area contributed by atoms with Crippen LogP contribution in [0.4, 0.5) is 5.69 Å². The number of aromatic nitrogens is 1. The van der Waals surface area contributed by atoms with Gasteiger partial charge in [0, 0.05) is 37.6 Å². The van der Waals surface area contributed by atoms with Gasteiger partial charge in [-0.15, -0.1) is 0 Å². The minimum atomic E-state index is -0.170. The fourth-order valence-electron chi connectivity index (χ4n) is 5.72. The second-order valence-electron chi connectivity index (χ2n) is 8.22. The van der Waals surface area contributed by atoms with Gasteiger partial charge in [-0.2, -0.15) is 0 Å². The molecule has 1 amide bonds. The predicted molar refractivity (Wildman–Crippen MR) is 95.5 cm³/mol. The third kappa shape index (κ3) is 2.32. The minimum Gasteiger partial charge on any atom is -0.393 e. The summed E-state index contributed by atoms with van der Waals surface area (Å²) in [7, 11) is 0. The molecule has 2 aliphatic heterocycles. The lowest BCUT2D eigenvalue weighted by Crippen LogP contribution is -2.48. The van der Waals surface area contributed by atoms with Gasteiger partial charge in [0.25, 0.3) is 0 Å². The molecule has 6 heteroatoms. The molecule has 1 aromatic heterocycles. The molecule has 134 valence electrons. The fourth-order valence-corrected chi connectivity index (χ4v) is 5.89. The van der Waals surface area contributed by atoms with Gasteiger partial charge in [0.05, 0.1) is 11.5 Å². The Morgan fingerprint density at radius 1 is 1.20 bits per heavy atom. The molecular formula is C19H24ClN3O2. The summed E-state index contributed by atoms with van der Waals surface area (Å²) >= 11 is 6.05. The number of aliphatic hydroxyl groups excluding tert-OH is 1. The summed E-state index contributed by atoms with van der Waals surface area (Å²) < 4.78 is 0. The molecule has 1 N–H and O–H groups in total. The predicted octanol–water partition coefficient (Wildman–Crippen LogP) is 2.32. The minimum absolute atomic E-state index is 0.163. The molecule has 5 nitrogen and oxygen atoms in total. The number of piperidine rings is 2. The van der Waals surface area contributed by atoms with Gasteiger partial charge in [-0.25, -0.2) is 4.98 Å². The summed E-state index contributed by atoms with van der Waals surface area (Å²) in [5.74, 6) is 1.46. The first-order valence-electron chi connectivity index (χ1n) is 9.45. The number of halogens is 1. The Kier molecular flexibility index (Phi) is 3.55. The molecule has 2 saturated heterocycles. The average Bonchev–Trinajstić information content (AvgIpc) is 3.18. The van der Waals surface area contributed by atoms with Gasteiger partial charge in [-0.3, -0.25) is 4.79 Å². The quantitative estimate of drug-likeness (QED) is 0.821. The van der Waals surface area contributed by atoms with Crippen molar-refractivity contribution in [1.82, 2.24) is 9.88 Å². The van der Waals surface area contributed by atoms with Crippen LogP contribution in [0.1, 0.15) is 32.1 Å². The van der Waals surface area contributed by atoms with Crippen molar-refractivity contribution in [3.05, 3.63) is 23.5 Å². The molecule has 2 aliphatic carbocycles. The molecule has 5 rings (SSSR count). The molecule has 1 aromatic rings. The number of likely N-dealkylation sites (tertiary alicyclic amines) is 1. The van der Waals surface area contributed by atoms with E-state index in [0.29, 0.717) is 28.9 Å². The van der Waals surface area contributed by atoms with Crippen LogP contribution in [0.3, 0.4) is 0 Å². The van der Waals surface area contributed by atoms with Crippen molar-refractivity contribution in [2.45, 2.75) is 44.2 Å². The van der Waals surface area contributed by atoms with Crippen molar-refractivity contribution in [2.75, 3.05) is 24.5 Å². The number of pyridine rings is 1. The second-order valence-corrected chi connectivity index (χ2v) is 8.61. The number of hydrogen-bond acceptors (Lipinski definition) is 4. The maximum Gasteiger partial charge on any atom is 0.231 e. The van der Waals surface area contributed by atoms with Gasteiger partial charge in [0.1, 0.15) is 5.15 Å². The summed E-state index contributed by atoms with van der Waals surface area (Å²) in [5.41, 5.74) is 0.912. The van der Waals surface area contributed by atoms with E-state index in [1.165, 1.54) is 0 Å². The molecule has 2 saturated carbocycles. The van der Waals surface area contributed by atoms with Gasteiger partial charge in [-0.05, 0) is 56.1 Å². The lowest BCUT2D eigenvalue weighted by atomic mass is 9.90. The largest absolute Gasteiger partial charge is 0.393 e. The SMILES string of the molecule is O=C1N(C2CCC(O)CC2)CC2C3CCN(c4ccnc(Cl)c4)C[C@@]132. The van der Waals surface area contributed by atoms with Crippen LogP contribution in [0.5, 0.6) is 0 Å². The standard InChI is InChI=1S/C19H24ClN3O2/c20-17-9-13(5-7-21-17)22-8-6-15-16-10-23(18(25)19(15,16)11-22)12-1-3-14(24)4-2-12/h5,7,9,12,14-16,24H,1-4,6,8,10-11H2/t12?,14?,15?,16?,19-/m1/s1. The van der Waals surface area contributed by atoms with Crippen molar-refractivity contribution >= 4 is 23.2 Å². The first-order chi connectivity index (χ1) is 12.1. The zero-order valence-electron chi connectivity index (χ0n) is 14.3. The molecule has 2 unspecified atom stereocenters. The maximum atomic E-state index is 13.3. The Balaban J connectivity index is 1.34. The van der Waals surface area contributed by atoms with Crippen LogP contribution >= 0.6 is 11.6 Å². The number of rotatable bonds is 2. The van der Waals surface area contributed by atoms with Gasteiger partial charge in [0.15, 0.2) is 0 Å². The zero-order chi connectivity index (χ0) is 17.2. The van der Waals surface area contributed by atoms with E-state index in [1.54, 1.807) is 6.20 Å². The van der Waals surface area contributed by atoms with Gasteiger partial charge >= 0.3 is 0 Å². The number of carbonyl (C=O) groups is 1. The molecular weight excluding hydrogens is 338 g/mol. The van der Waals surface area contributed by atoms with Gasteiger partial charge < -0.3 is 14.9 Å². The van der Waals surface area contributed by atoms with Crippen LogP contribution in [0, 0.1) is 17.3 Å². The van der Waals surface area contributed by atoms with Crippen LogP contribution in [0.25, 0.3) is 0 Å². The maximum absolute atomic E-state index is 13.3. The van der Waals surface area contributed by atoms with E-state index < -0.39 is 0 Å². The third-order valence-electron chi connectivity index (χ3n) is 7.10. The Morgan fingerprint density at radius 3 is 2.76 bits per heavy atom.